The van der Waals surface area contributed by atoms with Crippen LogP contribution in [0.15, 0.2) is 36.4 Å². The SMILES string of the molecule is CC(C)(C1CCN(C(=O)NCc2ccc(F)cc2)CC1)C(O)c1cc(Cl)cc(C=N)c1N. The number of rotatable bonds is 6. The van der Waals surface area contributed by atoms with Gasteiger partial charge in [-0.1, -0.05) is 37.6 Å². The second-order valence-corrected chi connectivity index (χ2v) is 9.35. The number of amides is 2. The van der Waals surface area contributed by atoms with E-state index in [0.29, 0.717) is 41.5 Å². The number of anilines is 1. The van der Waals surface area contributed by atoms with Crippen LogP contribution in [0.1, 0.15) is 49.5 Å². The lowest BCUT2D eigenvalue weighted by atomic mass is 9.68. The lowest BCUT2D eigenvalue weighted by Crippen LogP contribution is -2.47. The maximum absolute atomic E-state index is 13.0. The minimum Gasteiger partial charge on any atom is -0.398 e. The van der Waals surface area contributed by atoms with Crippen molar-refractivity contribution in [1.82, 2.24) is 10.2 Å². The van der Waals surface area contributed by atoms with Crippen LogP contribution >= 0.6 is 11.6 Å². The fourth-order valence-electron chi connectivity index (χ4n) is 4.35. The Morgan fingerprint density at radius 3 is 2.56 bits per heavy atom. The van der Waals surface area contributed by atoms with Gasteiger partial charge in [-0.3, -0.25) is 0 Å². The monoisotopic (exact) mass is 460 g/mol. The number of carbonyl (C=O) groups is 1. The summed E-state index contributed by atoms with van der Waals surface area (Å²) in [5.41, 5.74) is 7.89. The zero-order valence-electron chi connectivity index (χ0n) is 18.4. The Morgan fingerprint density at radius 2 is 1.97 bits per heavy atom. The lowest BCUT2D eigenvalue weighted by Gasteiger charge is -2.43. The van der Waals surface area contributed by atoms with Gasteiger partial charge < -0.3 is 26.5 Å². The molecule has 1 atom stereocenters. The first kappa shape index (κ1) is 24.0. The maximum Gasteiger partial charge on any atom is 0.317 e. The van der Waals surface area contributed by atoms with Gasteiger partial charge in [0, 0.05) is 47.7 Å². The second kappa shape index (κ2) is 9.88. The summed E-state index contributed by atoms with van der Waals surface area (Å²) in [6.45, 7) is 5.49. The van der Waals surface area contributed by atoms with Crippen molar-refractivity contribution in [3.63, 3.8) is 0 Å². The molecular weight excluding hydrogens is 431 g/mol. The molecule has 1 aliphatic heterocycles. The maximum atomic E-state index is 13.0. The summed E-state index contributed by atoms with van der Waals surface area (Å²) in [5, 5.41) is 22.0. The van der Waals surface area contributed by atoms with E-state index in [0.717, 1.165) is 24.6 Å². The van der Waals surface area contributed by atoms with Gasteiger partial charge in [0.05, 0.1) is 6.10 Å². The first-order valence-corrected chi connectivity index (χ1v) is 11.1. The standard InChI is InChI=1S/C24H30ClFN4O2/c1-24(2,22(31)20-12-18(25)11-16(13-27)21(20)28)17-7-9-30(10-8-17)23(32)29-14-15-3-5-19(26)6-4-15/h3-6,11-13,17,22,27,31H,7-10,14,28H2,1-2H3,(H,29,32). The van der Waals surface area contributed by atoms with Gasteiger partial charge in [0.1, 0.15) is 5.82 Å². The Hall–Kier alpha value is -2.64. The van der Waals surface area contributed by atoms with Crippen LogP contribution in [0, 0.1) is 22.6 Å². The first-order valence-electron chi connectivity index (χ1n) is 10.7. The van der Waals surface area contributed by atoms with Gasteiger partial charge in [-0.05, 0) is 54.0 Å². The number of nitrogens with one attached hydrogen (secondary N) is 2. The average molecular weight is 461 g/mol. The molecule has 0 aromatic heterocycles. The smallest absolute Gasteiger partial charge is 0.317 e. The van der Waals surface area contributed by atoms with Gasteiger partial charge in [-0.15, -0.1) is 0 Å². The summed E-state index contributed by atoms with van der Waals surface area (Å²) < 4.78 is 13.0. The number of benzene rings is 2. The fraction of sp³-hybridized carbons (Fsp3) is 0.417. The molecule has 0 bridgehead atoms. The van der Waals surface area contributed by atoms with Crippen molar-refractivity contribution in [2.24, 2.45) is 11.3 Å². The highest BCUT2D eigenvalue weighted by Crippen LogP contribution is 2.46. The number of nitrogens with zero attached hydrogens (tertiary/aromatic N) is 1. The third-order valence-corrected chi connectivity index (χ3v) is 6.77. The van der Waals surface area contributed by atoms with Crippen LogP contribution in [0.4, 0.5) is 14.9 Å². The molecule has 1 unspecified atom stereocenters. The topological polar surface area (TPSA) is 102 Å². The van der Waals surface area contributed by atoms with Gasteiger partial charge in [0.25, 0.3) is 0 Å². The van der Waals surface area contributed by atoms with E-state index in [-0.39, 0.29) is 17.8 Å². The van der Waals surface area contributed by atoms with Crippen LogP contribution < -0.4 is 11.1 Å². The minimum absolute atomic E-state index is 0.152. The molecule has 0 saturated carbocycles. The molecule has 1 fully saturated rings. The Balaban J connectivity index is 1.61. The van der Waals surface area contributed by atoms with E-state index in [9.17, 15) is 14.3 Å². The summed E-state index contributed by atoms with van der Waals surface area (Å²) in [6, 6.07) is 9.16. The average Bonchev–Trinajstić information content (AvgIpc) is 2.79. The molecule has 172 valence electrons. The summed E-state index contributed by atoms with van der Waals surface area (Å²) in [7, 11) is 0. The van der Waals surface area contributed by atoms with Crippen molar-refractivity contribution in [1.29, 1.82) is 5.41 Å². The van der Waals surface area contributed by atoms with Crippen molar-refractivity contribution in [2.45, 2.75) is 39.3 Å². The van der Waals surface area contributed by atoms with Crippen LogP contribution in [-0.2, 0) is 6.54 Å². The number of nitrogen functional groups attached to an aromatic ring is 1. The number of aliphatic hydroxyl groups excluding tert-OH is 1. The minimum atomic E-state index is -0.858. The van der Waals surface area contributed by atoms with Crippen molar-refractivity contribution < 1.29 is 14.3 Å². The van der Waals surface area contributed by atoms with Gasteiger partial charge in [0.2, 0.25) is 0 Å². The normalized spacial score (nSPS) is 16.0. The quantitative estimate of drug-likeness (QED) is 0.369. The van der Waals surface area contributed by atoms with E-state index in [1.165, 1.54) is 12.1 Å². The zero-order chi connectivity index (χ0) is 23.5. The number of hydrogen-bond donors (Lipinski definition) is 4. The van der Waals surface area contributed by atoms with Crippen LogP contribution in [0.2, 0.25) is 5.02 Å². The highest BCUT2D eigenvalue weighted by atomic mass is 35.5. The van der Waals surface area contributed by atoms with Crippen LogP contribution in [0.3, 0.4) is 0 Å². The Morgan fingerprint density at radius 1 is 1.34 bits per heavy atom. The molecule has 6 nitrogen and oxygen atoms in total. The van der Waals surface area contributed by atoms with E-state index < -0.39 is 11.5 Å². The molecule has 3 rings (SSSR count). The van der Waals surface area contributed by atoms with Crippen molar-refractivity contribution >= 4 is 29.5 Å². The molecule has 32 heavy (non-hydrogen) atoms. The van der Waals surface area contributed by atoms with Crippen molar-refractivity contribution in [3.8, 4) is 0 Å². The largest absolute Gasteiger partial charge is 0.398 e. The van der Waals surface area contributed by atoms with E-state index in [2.05, 4.69) is 5.32 Å². The molecule has 1 heterocycles. The summed E-state index contributed by atoms with van der Waals surface area (Å²) in [6.07, 6.45) is 1.76. The number of aliphatic hydroxyl groups is 1. The van der Waals surface area contributed by atoms with E-state index in [1.54, 1.807) is 29.2 Å². The Kier molecular flexibility index (Phi) is 7.41. The van der Waals surface area contributed by atoms with Crippen molar-refractivity contribution in [2.75, 3.05) is 18.8 Å². The van der Waals surface area contributed by atoms with Crippen molar-refractivity contribution in [3.05, 3.63) is 63.9 Å². The third kappa shape index (κ3) is 5.22. The summed E-state index contributed by atoms with van der Waals surface area (Å²) in [5.74, 6) is -0.138. The highest BCUT2D eigenvalue weighted by Gasteiger charge is 2.40. The van der Waals surface area contributed by atoms with Gasteiger partial charge in [-0.2, -0.15) is 0 Å². The zero-order valence-corrected chi connectivity index (χ0v) is 19.1. The number of hydrogen-bond acceptors (Lipinski definition) is 4. The number of piperidine rings is 1. The molecule has 8 heteroatoms. The molecular formula is C24H30ClFN4O2. The van der Waals surface area contributed by atoms with Gasteiger partial charge in [0.15, 0.2) is 0 Å². The van der Waals surface area contributed by atoms with Crippen LogP contribution in [0.25, 0.3) is 0 Å². The van der Waals surface area contributed by atoms with Crippen LogP contribution in [-0.4, -0.2) is 35.3 Å². The summed E-state index contributed by atoms with van der Waals surface area (Å²) in [4.78, 5) is 14.3. The third-order valence-electron chi connectivity index (χ3n) is 6.55. The Labute approximate surface area is 193 Å². The van der Waals surface area contributed by atoms with E-state index in [1.807, 2.05) is 13.8 Å². The fourth-order valence-corrected chi connectivity index (χ4v) is 4.58. The first-order chi connectivity index (χ1) is 15.1. The molecule has 0 radical (unpaired) electrons. The molecule has 5 N–H and O–H groups in total. The van der Waals surface area contributed by atoms with E-state index in [4.69, 9.17) is 22.7 Å². The number of urea groups is 1. The number of halogens is 2. The predicted molar refractivity (Wildman–Crippen MR) is 125 cm³/mol. The number of likely N-dealkylation sites (tertiary alicyclic amines) is 1. The van der Waals surface area contributed by atoms with E-state index >= 15 is 0 Å². The molecule has 2 aromatic rings. The molecule has 2 amide bonds. The molecule has 0 aliphatic carbocycles. The van der Waals surface area contributed by atoms with Gasteiger partial charge in [-0.25, -0.2) is 9.18 Å². The second-order valence-electron chi connectivity index (χ2n) is 8.91. The predicted octanol–water partition coefficient (Wildman–Crippen LogP) is 4.74. The Bertz CT molecular complexity index is 973. The molecule has 1 aliphatic rings. The number of nitrogens with two attached hydrogens (primary N) is 1. The molecule has 2 aromatic carbocycles. The number of carbonyl (C=O) groups excluding carboxylic acids is 1. The molecule has 0 spiro atoms. The molecule has 1 saturated heterocycles. The lowest BCUT2D eigenvalue weighted by molar-refractivity contribution is -0.0146. The van der Waals surface area contributed by atoms with Gasteiger partial charge >= 0.3 is 6.03 Å². The van der Waals surface area contributed by atoms with Crippen LogP contribution in [0.5, 0.6) is 0 Å². The summed E-state index contributed by atoms with van der Waals surface area (Å²) >= 11 is 6.18. The highest BCUT2D eigenvalue weighted by molar-refractivity contribution is 6.31.